The molecule has 0 N–H and O–H groups in total. The summed E-state index contributed by atoms with van der Waals surface area (Å²) in [5, 5.41) is 0. The minimum atomic E-state index is 0.377. The van der Waals surface area contributed by atoms with Gasteiger partial charge in [0.25, 0.3) is 0 Å². The lowest BCUT2D eigenvalue weighted by Gasteiger charge is -2.27. The fourth-order valence-corrected chi connectivity index (χ4v) is 1.73. The van der Waals surface area contributed by atoms with E-state index in [0.717, 1.165) is 18.8 Å². The Morgan fingerprint density at radius 1 is 1.29 bits per heavy atom. The van der Waals surface area contributed by atoms with Crippen LogP contribution in [0.1, 0.15) is 18.4 Å². The molecule has 0 radical (unpaired) electrons. The van der Waals surface area contributed by atoms with Crippen molar-refractivity contribution in [3.05, 3.63) is 24.0 Å². The van der Waals surface area contributed by atoms with Gasteiger partial charge in [0.2, 0.25) is 0 Å². The highest BCUT2D eigenvalue weighted by Gasteiger charge is 2.16. The third-order valence-corrected chi connectivity index (χ3v) is 2.55. The number of rotatable bonds is 1. The van der Waals surface area contributed by atoms with Crippen molar-refractivity contribution in [2.24, 2.45) is 0 Å². The first-order valence-electron chi connectivity index (χ1n) is 4.94. The summed E-state index contributed by atoms with van der Waals surface area (Å²) in [4.78, 5) is 17.4. The van der Waals surface area contributed by atoms with Gasteiger partial charge in [-0.3, -0.25) is 9.78 Å². The first-order valence-corrected chi connectivity index (χ1v) is 4.94. The number of carbonyl (C=O) groups is 1. The number of carbonyl (C=O) groups excluding carboxylic acids is 1. The molecule has 74 valence electrons. The number of ketones is 1. The maximum Gasteiger partial charge on any atom is 0.136 e. The maximum absolute atomic E-state index is 11.1. The topological polar surface area (TPSA) is 33.2 Å². The number of hydrogen-bond donors (Lipinski definition) is 0. The zero-order valence-electron chi connectivity index (χ0n) is 8.36. The molecule has 1 aliphatic rings. The van der Waals surface area contributed by atoms with Gasteiger partial charge in [-0.25, -0.2) is 0 Å². The molecule has 1 aromatic rings. The molecule has 1 fully saturated rings. The summed E-state index contributed by atoms with van der Waals surface area (Å²) in [7, 11) is 0. The Labute approximate surface area is 83.8 Å². The van der Waals surface area contributed by atoms with E-state index in [-0.39, 0.29) is 0 Å². The quantitative estimate of drug-likeness (QED) is 0.673. The third-order valence-electron chi connectivity index (χ3n) is 2.55. The molecule has 1 aromatic heterocycles. The second kappa shape index (κ2) is 3.78. The van der Waals surface area contributed by atoms with E-state index in [0.29, 0.717) is 18.6 Å². The number of nitrogens with zero attached hydrogens (tertiary/aromatic N) is 2. The lowest BCUT2D eigenvalue weighted by Crippen LogP contribution is -2.33. The molecule has 0 spiro atoms. The van der Waals surface area contributed by atoms with Crippen LogP contribution in [0.2, 0.25) is 0 Å². The summed E-state index contributed by atoms with van der Waals surface area (Å²) in [6.45, 7) is 3.71. The molecule has 1 aliphatic heterocycles. The predicted octanol–water partition coefficient (Wildman–Crippen LogP) is 1.56. The van der Waals surface area contributed by atoms with Gasteiger partial charge < -0.3 is 4.90 Å². The predicted molar refractivity (Wildman–Crippen MR) is 55.4 cm³/mol. The van der Waals surface area contributed by atoms with Crippen LogP contribution in [0.3, 0.4) is 0 Å². The van der Waals surface area contributed by atoms with Gasteiger partial charge in [0.1, 0.15) is 5.78 Å². The molecule has 0 atom stereocenters. The van der Waals surface area contributed by atoms with E-state index in [2.05, 4.69) is 16.0 Å². The van der Waals surface area contributed by atoms with Gasteiger partial charge in [-0.05, 0) is 18.6 Å². The Hall–Kier alpha value is -1.38. The summed E-state index contributed by atoms with van der Waals surface area (Å²) in [6, 6.07) is 2.11. The van der Waals surface area contributed by atoms with E-state index in [1.807, 2.05) is 19.3 Å². The van der Waals surface area contributed by atoms with Crippen LogP contribution in [-0.2, 0) is 4.79 Å². The highest BCUT2D eigenvalue weighted by molar-refractivity contribution is 5.81. The van der Waals surface area contributed by atoms with Crippen LogP contribution in [0, 0.1) is 6.92 Å². The molecule has 2 rings (SSSR count). The highest BCUT2D eigenvalue weighted by Crippen LogP contribution is 2.17. The van der Waals surface area contributed by atoms with Crippen LogP contribution in [0.25, 0.3) is 0 Å². The van der Waals surface area contributed by atoms with E-state index in [1.54, 1.807) is 0 Å². The molecule has 2 heterocycles. The number of pyridine rings is 1. The fraction of sp³-hybridized carbons (Fsp3) is 0.455. The number of anilines is 1. The molecular formula is C11H14N2O. The average Bonchev–Trinajstić information content (AvgIpc) is 2.19. The van der Waals surface area contributed by atoms with Gasteiger partial charge in [0.15, 0.2) is 0 Å². The number of hydrogen-bond acceptors (Lipinski definition) is 3. The van der Waals surface area contributed by atoms with Crippen molar-refractivity contribution >= 4 is 11.5 Å². The molecule has 1 saturated heterocycles. The smallest absolute Gasteiger partial charge is 0.136 e. The second-order valence-corrected chi connectivity index (χ2v) is 3.75. The zero-order valence-corrected chi connectivity index (χ0v) is 8.36. The number of aryl methyl sites for hydroxylation is 1. The minimum absolute atomic E-state index is 0.377. The Morgan fingerprint density at radius 3 is 2.64 bits per heavy atom. The van der Waals surface area contributed by atoms with Gasteiger partial charge in [-0.1, -0.05) is 0 Å². The monoisotopic (exact) mass is 190 g/mol. The normalized spacial score (nSPS) is 17.2. The van der Waals surface area contributed by atoms with Gasteiger partial charge in [0.05, 0.1) is 11.9 Å². The second-order valence-electron chi connectivity index (χ2n) is 3.75. The Kier molecular flexibility index (Phi) is 2.48. The van der Waals surface area contributed by atoms with Crippen molar-refractivity contribution in [3.8, 4) is 0 Å². The third kappa shape index (κ3) is 1.92. The van der Waals surface area contributed by atoms with Gasteiger partial charge in [0, 0.05) is 32.1 Å². The average molecular weight is 190 g/mol. The maximum atomic E-state index is 11.1. The van der Waals surface area contributed by atoms with Crippen LogP contribution in [0.5, 0.6) is 0 Å². The van der Waals surface area contributed by atoms with Crippen molar-refractivity contribution in [3.63, 3.8) is 0 Å². The molecular weight excluding hydrogens is 176 g/mol. The molecule has 3 heteroatoms. The molecule has 0 amide bonds. The zero-order chi connectivity index (χ0) is 9.97. The Balaban J connectivity index is 2.12. The van der Waals surface area contributed by atoms with E-state index in [4.69, 9.17) is 0 Å². The molecule has 3 nitrogen and oxygen atoms in total. The summed E-state index contributed by atoms with van der Waals surface area (Å²) in [6.07, 6.45) is 5.06. The number of aromatic nitrogens is 1. The van der Waals surface area contributed by atoms with E-state index < -0.39 is 0 Å². The SMILES string of the molecule is Cc1cncc(N2CCC(=O)CC2)c1. The molecule has 0 aromatic carbocycles. The summed E-state index contributed by atoms with van der Waals surface area (Å²) in [5.41, 5.74) is 2.30. The van der Waals surface area contributed by atoms with Crippen LogP contribution < -0.4 is 4.90 Å². The van der Waals surface area contributed by atoms with Crippen LogP contribution in [0.15, 0.2) is 18.5 Å². The van der Waals surface area contributed by atoms with E-state index >= 15 is 0 Å². The van der Waals surface area contributed by atoms with Crippen molar-refractivity contribution in [1.82, 2.24) is 4.98 Å². The largest absolute Gasteiger partial charge is 0.369 e. The first kappa shape index (κ1) is 9.19. The Bertz CT molecular complexity index is 339. The summed E-state index contributed by atoms with van der Waals surface area (Å²) < 4.78 is 0. The van der Waals surface area contributed by atoms with Crippen LogP contribution >= 0.6 is 0 Å². The summed E-state index contributed by atoms with van der Waals surface area (Å²) in [5.74, 6) is 0.377. The lowest BCUT2D eigenvalue weighted by molar-refractivity contribution is -0.119. The Morgan fingerprint density at radius 2 is 2.00 bits per heavy atom. The lowest BCUT2D eigenvalue weighted by atomic mass is 10.1. The molecule has 0 bridgehead atoms. The van der Waals surface area contributed by atoms with Crippen molar-refractivity contribution in [2.75, 3.05) is 18.0 Å². The minimum Gasteiger partial charge on any atom is -0.369 e. The molecule has 0 unspecified atom stereocenters. The van der Waals surface area contributed by atoms with Crippen molar-refractivity contribution in [2.45, 2.75) is 19.8 Å². The van der Waals surface area contributed by atoms with Gasteiger partial charge in [-0.15, -0.1) is 0 Å². The fourth-order valence-electron chi connectivity index (χ4n) is 1.73. The van der Waals surface area contributed by atoms with E-state index in [1.165, 1.54) is 5.56 Å². The number of Topliss-reactive ketones (excluding diaryl/α,β-unsaturated/α-hetero) is 1. The van der Waals surface area contributed by atoms with Crippen molar-refractivity contribution < 1.29 is 4.79 Å². The van der Waals surface area contributed by atoms with Crippen LogP contribution in [-0.4, -0.2) is 23.9 Å². The molecule has 0 saturated carbocycles. The van der Waals surface area contributed by atoms with Gasteiger partial charge in [-0.2, -0.15) is 0 Å². The highest BCUT2D eigenvalue weighted by atomic mass is 16.1. The van der Waals surface area contributed by atoms with E-state index in [9.17, 15) is 4.79 Å². The first-order chi connectivity index (χ1) is 6.75. The van der Waals surface area contributed by atoms with Crippen molar-refractivity contribution in [1.29, 1.82) is 0 Å². The molecule has 14 heavy (non-hydrogen) atoms. The summed E-state index contributed by atoms with van der Waals surface area (Å²) >= 11 is 0. The molecule has 0 aliphatic carbocycles. The van der Waals surface area contributed by atoms with Gasteiger partial charge >= 0.3 is 0 Å². The van der Waals surface area contributed by atoms with Crippen LogP contribution in [0.4, 0.5) is 5.69 Å². The number of piperidine rings is 1. The standard InChI is InChI=1S/C11H14N2O/c1-9-6-10(8-12-7-9)13-4-2-11(14)3-5-13/h6-8H,2-5H2,1H3.